The number of para-hydroxylation sites is 2. The third-order valence-electron chi connectivity index (χ3n) is 3.61. The molecule has 0 unspecified atom stereocenters. The normalized spacial score (nSPS) is 9.93. The van der Waals surface area contributed by atoms with Gasteiger partial charge in [0, 0.05) is 5.69 Å². The van der Waals surface area contributed by atoms with Crippen molar-refractivity contribution in [3.63, 3.8) is 0 Å². The van der Waals surface area contributed by atoms with Gasteiger partial charge in [-0.1, -0.05) is 12.1 Å². The number of hydrogen-bond acceptors (Lipinski definition) is 6. The van der Waals surface area contributed by atoms with Crippen LogP contribution in [0.3, 0.4) is 0 Å². The van der Waals surface area contributed by atoms with Crippen molar-refractivity contribution in [2.75, 3.05) is 17.2 Å². The zero-order valence-electron chi connectivity index (χ0n) is 14.6. The highest BCUT2D eigenvalue weighted by Crippen LogP contribution is 2.26. The van der Waals surface area contributed by atoms with E-state index in [1.807, 2.05) is 37.3 Å². The Morgan fingerprint density at radius 2 is 1.89 bits per heavy atom. The van der Waals surface area contributed by atoms with Gasteiger partial charge < -0.3 is 15.4 Å². The first kappa shape index (κ1) is 17.9. The van der Waals surface area contributed by atoms with Gasteiger partial charge in [0.2, 0.25) is 0 Å². The minimum atomic E-state index is -0.381. The molecule has 3 rings (SSSR count). The number of carbonyl (C=O) groups is 1. The van der Waals surface area contributed by atoms with Crippen LogP contribution in [0.25, 0.3) is 0 Å². The first-order chi connectivity index (χ1) is 13.2. The highest BCUT2D eigenvalue weighted by molar-refractivity contribution is 6.02. The van der Waals surface area contributed by atoms with Crippen molar-refractivity contribution in [3.05, 3.63) is 72.2 Å². The molecular formula is C20H17N5O2. The number of carbonyl (C=O) groups excluding carboxylic acids is 1. The fourth-order valence-electron chi connectivity index (χ4n) is 2.32. The van der Waals surface area contributed by atoms with Crippen LogP contribution in [0, 0.1) is 11.3 Å². The van der Waals surface area contributed by atoms with E-state index in [0.29, 0.717) is 29.4 Å². The number of nitrogens with zero attached hydrogens (tertiary/aromatic N) is 3. The number of hydrogen-bond donors (Lipinski definition) is 2. The standard InChI is InChI=1S/C20H17N5O2/c1-2-27-18-6-4-3-5-16(18)25-19-13-22-17(12-23-19)20(26)24-15-9-7-14(11-21)8-10-15/h3-10,12-13H,2H2,1H3,(H,23,25)(H,24,26). The molecule has 0 bridgehead atoms. The van der Waals surface area contributed by atoms with Crippen LogP contribution in [0.4, 0.5) is 17.2 Å². The summed E-state index contributed by atoms with van der Waals surface area (Å²) in [7, 11) is 0. The summed E-state index contributed by atoms with van der Waals surface area (Å²) in [6.45, 7) is 2.47. The molecule has 2 aromatic carbocycles. The van der Waals surface area contributed by atoms with Gasteiger partial charge >= 0.3 is 0 Å². The zero-order valence-corrected chi connectivity index (χ0v) is 14.6. The Bertz CT molecular complexity index is 963. The highest BCUT2D eigenvalue weighted by atomic mass is 16.5. The van der Waals surface area contributed by atoms with Crippen molar-refractivity contribution >= 4 is 23.1 Å². The summed E-state index contributed by atoms with van der Waals surface area (Å²) in [6.07, 6.45) is 2.88. The van der Waals surface area contributed by atoms with Gasteiger partial charge in [0.05, 0.1) is 36.3 Å². The van der Waals surface area contributed by atoms with E-state index >= 15 is 0 Å². The maximum absolute atomic E-state index is 12.3. The topological polar surface area (TPSA) is 99.9 Å². The van der Waals surface area contributed by atoms with E-state index in [1.165, 1.54) is 12.4 Å². The van der Waals surface area contributed by atoms with Crippen LogP contribution in [0.15, 0.2) is 60.9 Å². The lowest BCUT2D eigenvalue weighted by Crippen LogP contribution is -2.14. The van der Waals surface area contributed by atoms with Crippen LogP contribution < -0.4 is 15.4 Å². The summed E-state index contributed by atoms with van der Waals surface area (Å²) >= 11 is 0. The van der Waals surface area contributed by atoms with E-state index in [-0.39, 0.29) is 11.6 Å². The first-order valence-electron chi connectivity index (χ1n) is 8.32. The van der Waals surface area contributed by atoms with Crippen LogP contribution in [-0.4, -0.2) is 22.5 Å². The van der Waals surface area contributed by atoms with E-state index < -0.39 is 0 Å². The summed E-state index contributed by atoms with van der Waals surface area (Å²) in [5.74, 6) is 0.829. The molecule has 0 fully saturated rings. The molecule has 0 spiro atoms. The molecule has 1 heterocycles. The molecule has 3 aromatic rings. The number of aromatic nitrogens is 2. The second-order valence-corrected chi connectivity index (χ2v) is 5.48. The molecule has 1 aromatic heterocycles. The summed E-state index contributed by atoms with van der Waals surface area (Å²) in [5, 5.41) is 14.6. The largest absolute Gasteiger partial charge is 0.492 e. The van der Waals surface area contributed by atoms with Crippen LogP contribution in [0.2, 0.25) is 0 Å². The third-order valence-corrected chi connectivity index (χ3v) is 3.61. The Morgan fingerprint density at radius 3 is 2.56 bits per heavy atom. The van der Waals surface area contributed by atoms with Crippen LogP contribution in [0.1, 0.15) is 23.0 Å². The van der Waals surface area contributed by atoms with Crippen molar-refractivity contribution < 1.29 is 9.53 Å². The van der Waals surface area contributed by atoms with Gasteiger partial charge in [-0.15, -0.1) is 0 Å². The van der Waals surface area contributed by atoms with E-state index in [1.54, 1.807) is 24.3 Å². The van der Waals surface area contributed by atoms with E-state index in [0.717, 1.165) is 5.69 Å². The second-order valence-electron chi connectivity index (χ2n) is 5.48. The Balaban J connectivity index is 1.68. The Kier molecular flexibility index (Phi) is 5.60. The summed E-state index contributed by atoms with van der Waals surface area (Å²) < 4.78 is 5.56. The minimum Gasteiger partial charge on any atom is -0.492 e. The molecule has 134 valence electrons. The number of ether oxygens (including phenoxy) is 1. The quantitative estimate of drug-likeness (QED) is 0.695. The molecule has 0 aliphatic heterocycles. The van der Waals surface area contributed by atoms with Crippen molar-refractivity contribution in [3.8, 4) is 11.8 Å². The molecular weight excluding hydrogens is 342 g/mol. The van der Waals surface area contributed by atoms with E-state index in [2.05, 4.69) is 20.6 Å². The third kappa shape index (κ3) is 4.58. The fraction of sp³-hybridized carbons (Fsp3) is 0.100. The molecule has 1 amide bonds. The van der Waals surface area contributed by atoms with Crippen molar-refractivity contribution in [1.29, 1.82) is 5.26 Å². The van der Waals surface area contributed by atoms with Gasteiger partial charge in [-0.25, -0.2) is 9.97 Å². The van der Waals surface area contributed by atoms with Gasteiger partial charge in [0.1, 0.15) is 17.3 Å². The van der Waals surface area contributed by atoms with Gasteiger partial charge in [0.25, 0.3) is 5.91 Å². The maximum Gasteiger partial charge on any atom is 0.275 e. The predicted octanol–water partition coefficient (Wildman–Crippen LogP) is 3.74. The average Bonchev–Trinajstić information content (AvgIpc) is 2.71. The zero-order chi connectivity index (χ0) is 19.1. The van der Waals surface area contributed by atoms with Crippen molar-refractivity contribution in [2.24, 2.45) is 0 Å². The lowest BCUT2D eigenvalue weighted by molar-refractivity contribution is 0.102. The number of nitrogens with one attached hydrogen (secondary N) is 2. The Morgan fingerprint density at radius 1 is 1.11 bits per heavy atom. The monoisotopic (exact) mass is 359 g/mol. The van der Waals surface area contributed by atoms with E-state index in [4.69, 9.17) is 10.00 Å². The predicted molar refractivity (Wildman–Crippen MR) is 102 cm³/mol. The number of nitriles is 1. The fourth-order valence-corrected chi connectivity index (χ4v) is 2.32. The summed E-state index contributed by atoms with van der Waals surface area (Å²) in [5.41, 5.74) is 2.05. The Labute approximate surface area is 156 Å². The molecule has 0 saturated carbocycles. The maximum atomic E-state index is 12.3. The lowest BCUT2D eigenvalue weighted by atomic mass is 10.2. The molecule has 0 saturated heterocycles. The smallest absolute Gasteiger partial charge is 0.275 e. The molecule has 27 heavy (non-hydrogen) atoms. The molecule has 7 nitrogen and oxygen atoms in total. The second kappa shape index (κ2) is 8.45. The molecule has 0 aliphatic rings. The van der Waals surface area contributed by atoms with Crippen molar-refractivity contribution in [1.82, 2.24) is 9.97 Å². The van der Waals surface area contributed by atoms with E-state index in [9.17, 15) is 4.79 Å². The van der Waals surface area contributed by atoms with Crippen LogP contribution >= 0.6 is 0 Å². The number of benzene rings is 2. The molecule has 7 heteroatoms. The number of anilines is 3. The molecule has 0 radical (unpaired) electrons. The first-order valence-corrected chi connectivity index (χ1v) is 8.32. The van der Waals surface area contributed by atoms with Gasteiger partial charge in [-0.2, -0.15) is 5.26 Å². The summed E-state index contributed by atoms with van der Waals surface area (Å²) in [4.78, 5) is 20.6. The van der Waals surface area contributed by atoms with Crippen LogP contribution in [0.5, 0.6) is 5.75 Å². The number of rotatable bonds is 6. The SMILES string of the molecule is CCOc1ccccc1Nc1cnc(C(=O)Nc2ccc(C#N)cc2)cn1. The molecule has 0 aliphatic carbocycles. The summed E-state index contributed by atoms with van der Waals surface area (Å²) in [6, 6.07) is 16.1. The molecule has 0 atom stereocenters. The van der Waals surface area contributed by atoms with Gasteiger partial charge in [-0.3, -0.25) is 4.79 Å². The van der Waals surface area contributed by atoms with Gasteiger partial charge in [-0.05, 0) is 43.3 Å². The Hall–Kier alpha value is -3.92. The minimum absolute atomic E-state index is 0.183. The average molecular weight is 359 g/mol. The van der Waals surface area contributed by atoms with Gasteiger partial charge in [0.15, 0.2) is 0 Å². The highest BCUT2D eigenvalue weighted by Gasteiger charge is 2.10. The van der Waals surface area contributed by atoms with Crippen molar-refractivity contribution in [2.45, 2.75) is 6.92 Å². The lowest BCUT2D eigenvalue weighted by Gasteiger charge is -2.11. The molecule has 2 N–H and O–H groups in total. The van der Waals surface area contributed by atoms with Crippen LogP contribution in [-0.2, 0) is 0 Å². The number of amides is 1.